The number of carbonyl (C=O) groups is 1. The molecule has 0 radical (unpaired) electrons. The molecule has 1 aliphatic rings. The molecule has 0 fully saturated rings. The lowest BCUT2D eigenvalue weighted by Gasteiger charge is -2.26. The first-order chi connectivity index (χ1) is 11.0. The molecule has 1 aliphatic heterocycles. The molecule has 3 heterocycles. The Hall–Kier alpha value is -2.22. The minimum Gasteiger partial charge on any atom is -0.310 e. The van der Waals surface area contributed by atoms with Gasteiger partial charge in [0, 0.05) is 24.6 Å². The van der Waals surface area contributed by atoms with Crippen LogP contribution in [0.2, 0.25) is 0 Å². The van der Waals surface area contributed by atoms with Crippen molar-refractivity contribution < 1.29 is 4.79 Å². The van der Waals surface area contributed by atoms with E-state index < -0.39 is 0 Å². The Bertz CT molecular complexity index is 675. The minimum absolute atomic E-state index is 0.0585. The average molecular weight is 317 g/mol. The van der Waals surface area contributed by atoms with Crippen LogP contribution in [-0.4, -0.2) is 42.5 Å². The summed E-state index contributed by atoms with van der Waals surface area (Å²) in [7, 11) is 0. The van der Waals surface area contributed by atoms with Crippen LogP contribution in [0.1, 0.15) is 39.1 Å². The van der Waals surface area contributed by atoms with Crippen molar-refractivity contribution in [3.8, 4) is 0 Å². The fourth-order valence-corrected chi connectivity index (χ4v) is 2.86. The molecule has 3 rings (SSSR count). The molecule has 0 saturated carbocycles. The Morgan fingerprint density at radius 1 is 1.35 bits per heavy atom. The highest BCUT2D eigenvalue weighted by atomic mass is 16.2. The second kappa shape index (κ2) is 6.49. The molecule has 2 N–H and O–H groups in total. The summed E-state index contributed by atoms with van der Waals surface area (Å²) >= 11 is 0. The van der Waals surface area contributed by atoms with Crippen LogP contribution in [0.5, 0.6) is 0 Å². The third-order valence-electron chi connectivity index (χ3n) is 4.10. The Labute approximate surface area is 135 Å². The topological polar surface area (TPSA) is 89.7 Å². The molecule has 2 aromatic heterocycles. The van der Waals surface area contributed by atoms with Gasteiger partial charge in [-0.15, -0.1) is 0 Å². The molecular formula is C15H23N7O. The Morgan fingerprint density at radius 2 is 2.17 bits per heavy atom. The van der Waals surface area contributed by atoms with Crippen molar-refractivity contribution in [1.29, 1.82) is 0 Å². The van der Waals surface area contributed by atoms with Crippen LogP contribution in [-0.2, 0) is 17.8 Å². The molecule has 2 atom stereocenters. The van der Waals surface area contributed by atoms with E-state index in [2.05, 4.69) is 25.8 Å². The van der Waals surface area contributed by atoms with Crippen LogP contribution in [0.15, 0.2) is 18.6 Å². The van der Waals surface area contributed by atoms with E-state index in [1.807, 2.05) is 31.5 Å². The van der Waals surface area contributed by atoms with E-state index in [4.69, 9.17) is 0 Å². The lowest BCUT2D eigenvalue weighted by atomic mass is 10.1. The van der Waals surface area contributed by atoms with E-state index >= 15 is 0 Å². The quantitative estimate of drug-likeness (QED) is 0.858. The van der Waals surface area contributed by atoms with Crippen LogP contribution in [0, 0.1) is 0 Å². The number of carbonyl (C=O) groups excluding carboxylic acids is 1. The van der Waals surface area contributed by atoms with Crippen molar-refractivity contribution in [1.82, 2.24) is 29.9 Å². The summed E-state index contributed by atoms with van der Waals surface area (Å²) < 4.78 is 3.70. The van der Waals surface area contributed by atoms with Gasteiger partial charge in [-0.3, -0.25) is 4.79 Å². The van der Waals surface area contributed by atoms with Gasteiger partial charge < -0.3 is 10.6 Å². The molecule has 0 unspecified atom stereocenters. The molecule has 1 amide bonds. The van der Waals surface area contributed by atoms with E-state index in [0.29, 0.717) is 0 Å². The molecule has 0 aliphatic carbocycles. The number of rotatable bonds is 5. The van der Waals surface area contributed by atoms with Gasteiger partial charge in [0.2, 0.25) is 5.91 Å². The average Bonchev–Trinajstić information content (AvgIpc) is 3.15. The number of aromatic nitrogens is 5. The van der Waals surface area contributed by atoms with Gasteiger partial charge >= 0.3 is 0 Å². The number of aryl methyl sites for hydroxylation is 1. The number of nitrogens with one attached hydrogen (secondary N) is 2. The van der Waals surface area contributed by atoms with E-state index in [9.17, 15) is 4.79 Å². The van der Waals surface area contributed by atoms with Gasteiger partial charge in [0.1, 0.15) is 18.0 Å². The van der Waals surface area contributed by atoms with Crippen molar-refractivity contribution in [2.75, 3.05) is 5.32 Å². The van der Waals surface area contributed by atoms with E-state index in [0.717, 1.165) is 31.0 Å². The summed E-state index contributed by atoms with van der Waals surface area (Å²) in [6.45, 7) is 6.68. The van der Waals surface area contributed by atoms with Gasteiger partial charge in [0.05, 0.1) is 18.8 Å². The largest absolute Gasteiger partial charge is 0.310 e. The fourth-order valence-electron chi connectivity index (χ4n) is 2.86. The normalized spacial score (nSPS) is 18.7. The molecule has 0 saturated heterocycles. The summed E-state index contributed by atoms with van der Waals surface area (Å²) in [6.07, 6.45) is 5.12. The second-order valence-corrected chi connectivity index (χ2v) is 6.23. The van der Waals surface area contributed by atoms with Crippen LogP contribution < -0.4 is 10.6 Å². The SMILES string of the molecule is CC(C)n1nccc1NC(=O)[C@@H](C)N[C@@H]1CCc2ncnn2C1. The van der Waals surface area contributed by atoms with Crippen molar-refractivity contribution in [2.45, 2.75) is 58.3 Å². The number of hydrogen-bond donors (Lipinski definition) is 2. The van der Waals surface area contributed by atoms with Gasteiger partial charge in [0.25, 0.3) is 0 Å². The summed E-state index contributed by atoms with van der Waals surface area (Å²) in [5.41, 5.74) is 0. The Balaban J connectivity index is 1.57. The molecule has 124 valence electrons. The molecule has 0 aromatic carbocycles. The molecule has 8 nitrogen and oxygen atoms in total. The number of hydrogen-bond acceptors (Lipinski definition) is 5. The fraction of sp³-hybridized carbons (Fsp3) is 0.600. The van der Waals surface area contributed by atoms with Crippen molar-refractivity contribution in [3.63, 3.8) is 0 Å². The third-order valence-corrected chi connectivity index (χ3v) is 4.10. The zero-order valence-corrected chi connectivity index (χ0v) is 13.7. The number of anilines is 1. The first-order valence-electron chi connectivity index (χ1n) is 8.01. The van der Waals surface area contributed by atoms with Gasteiger partial charge in [-0.2, -0.15) is 10.2 Å². The van der Waals surface area contributed by atoms with E-state index in [-0.39, 0.29) is 24.0 Å². The molecule has 8 heteroatoms. The first-order valence-corrected chi connectivity index (χ1v) is 8.01. The predicted octanol–water partition coefficient (Wildman–Crippen LogP) is 0.987. The Morgan fingerprint density at radius 3 is 2.96 bits per heavy atom. The van der Waals surface area contributed by atoms with Gasteiger partial charge in [-0.1, -0.05) is 0 Å². The van der Waals surface area contributed by atoms with Crippen LogP contribution in [0.25, 0.3) is 0 Å². The molecule has 0 spiro atoms. The van der Waals surface area contributed by atoms with E-state index in [1.54, 1.807) is 17.2 Å². The van der Waals surface area contributed by atoms with Gasteiger partial charge in [0.15, 0.2) is 0 Å². The summed E-state index contributed by atoms with van der Waals surface area (Å²) in [4.78, 5) is 16.6. The van der Waals surface area contributed by atoms with Gasteiger partial charge in [-0.25, -0.2) is 14.3 Å². The summed E-state index contributed by atoms with van der Waals surface area (Å²) in [5.74, 6) is 1.68. The molecule has 23 heavy (non-hydrogen) atoms. The molecule has 0 bridgehead atoms. The highest BCUT2D eigenvalue weighted by Crippen LogP contribution is 2.14. The second-order valence-electron chi connectivity index (χ2n) is 6.23. The zero-order valence-electron chi connectivity index (χ0n) is 13.7. The van der Waals surface area contributed by atoms with Crippen molar-refractivity contribution >= 4 is 11.7 Å². The number of fused-ring (bicyclic) bond motifs is 1. The maximum absolute atomic E-state index is 12.4. The minimum atomic E-state index is -0.291. The molecular weight excluding hydrogens is 294 g/mol. The summed E-state index contributed by atoms with van der Waals surface area (Å²) in [5, 5.41) is 14.7. The van der Waals surface area contributed by atoms with Crippen LogP contribution >= 0.6 is 0 Å². The van der Waals surface area contributed by atoms with E-state index in [1.165, 1.54) is 0 Å². The predicted molar refractivity (Wildman–Crippen MR) is 86.0 cm³/mol. The van der Waals surface area contributed by atoms with Gasteiger partial charge in [-0.05, 0) is 27.2 Å². The monoisotopic (exact) mass is 317 g/mol. The highest BCUT2D eigenvalue weighted by Gasteiger charge is 2.24. The summed E-state index contributed by atoms with van der Waals surface area (Å²) in [6, 6.07) is 1.94. The standard InChI is InChI=1S/C15H23N7O/c1-10(2)22-14(6-7-17-22)20-15(23)11(3)19-12-4-5-13-16-9-18-21(13)8-12/h6-7,9-12,19H,4-5,8H2,1-3H3,(H,20,23)/t11-,12-/m1/s1. The maximum Gasteiger partial charge on any atom is 0.242 e. The third kappa shape index (κ3) is 3.42. The first kappa shape index (κ1) is 15.7. The zero-order chi connectivity index (χ0) is 16.4. The van der Waals surface area contributed by atoms with Crippen LogP contribution in [0.3, 0.4) is 0 Å². The smallest absolute Gasteiger partial charge is 0.242 e. The molecule has 2 aromatic rings. The number of nitrogens with zero attached hydrogens (tertiary/aromatic N) is 5. The van der Waals surface area contributed by atoms with Crippen molar-refractivity contribution in [3.05, 3.63) is 24.4 Å². The van der Waals surface area contributed by atoms with Crippen LogP contribution in [0.4, 0.5) is 5.82 Å². The highest BCUT2D eigenvalue weighted by molar-refractivity contribution is 5.93. The van der Waals surface area contributed by atoms with Crippen molar-refractivity contribution in [2.24, 2.45) is 0 Å². The maximum atomic E-state index is 12.4. The Kier molecular flexibility index (Phi) is 4.42. The number of amides is 1. The lowest BCUT2D eigenvalue weighted by molar-refractivity contribution is -0.118. The lowest BCUT2D eigenvalue weighted by Crippen LogP contribution is -2.47.